The lowest BCUT2D eigenvalue weighted by Gasteiger charge is -1.85. The summed E-state index contributed by atoms with van der Waals surface area (Å²) < 4.78 is 0. The number of carboxylic acid groups (broad SMARTS) is 1. The number of carbonyl (C=O) groups is 1. The maximum absolute atomic E-state index is 10.6. The van der Waals surface area contributed by atoms with Crippen molar-refractivity contribution in [1.29, 1.82) is 0 Å². The topological polar surface area (TPSA) is 50.2 Å². The van der Waals surface area contributed by atoms with Crippen LogP contribution in [0, 0.1) is 5.51 Å². The summed E-state index contributed by atoms with van der Waals surface area (Å²) in [4.78, 5) is 15.4. The van der Waals surface area contributed by atoms with Crippen LogP contribution in [-0.2, 0) is 0 Å². The molecular weight excluding hydrogens is 206 g/mol. The summed E-state index contributed by atoms with van der Waals surface area (Å²) in [5.74, 6) is -0.901. The van der Waals surface area contributed by atoms with Gasteiger partial charge in [0, 0.05) is 10.8 Å². The van der Waals surface area contributed by atoms with Gasteiger partial charge in [0.25, 0.3) is 0 Å². The summed E-state index contributed by atoms with van der Waals surface area (Å²) in [6.45, 7) is 0. The van der Waals surface area contributed by atoms with Crippen molar-refractivity contribution in [3.63, 3.8) is 0 Å². The summed E-state index contributed by atoms with van der Waals surface area (Å²) in [5.41, 5.74) is 3.82. The van der Waals surface area contributed by atoms with Gasteiger partial charge in [-0.2, -0.15) is 0 Å². The zero-order valence-corrected chi connectivity index (χ0v) is 7.98. The molecule has 0 amide bonds. The molecule has 13 heavy (non-hydrogen) atoms. The molecule has 0 fully saturated rings. The lowest BCUT2D eigenvalue weighted by molar-refractivity contribution is 0.0697. The highest BCUT2D eigenvalue weighted by Gasteiger charge is 2.08. The van der Waals surface area contributed by atoms with Crippen molar-refractivity contribution in [1.82, 2.24) is 4.98 Å². The van der Waals surface area contributed by atoms with Crippen molar-refractivity contribution in [2.45, 2.75) is 0 Å². The van der Waals surface area contributed by atoms with E-state index in [9.17, 15) is 4.79 Å². The van der Waals surface area contributed by atoms with Gasteiger partial charge in [-0.15, -0.1) is 22.7 Å². The lowest BCUT2D eigenvalue weighted by Crippen LogP contribution is -1.91. The Labute approximate surface area is 82.3 Å². The molecule has 2 aromatic heterocycles. The lowest BCUT2D eigenvalue weighted by atomic mass is 10.3. The number of hydrogen-bond acceptors (Lipinski definition) is 4. The SMILES string of the molecule is O=C(O)c1csc(-c2cs[c]n2)c1. The van der Waals surface area contributed by atoms with Crippen LogP contribution in [0.25, 0.3) is 10.6 Å². The summed E-state index contributed by atoms with van der Waals surface area (Å²) >= 11 is 2.75. The first-order valence-electron chi connectivity index (χ1n) is 3.41. The van der Waals surface area contributed by atoms with Crippen LogP contribution in [0.4, 0.5) is 0 Å². The Kier molecular flexibility index (Phi) is 2.12. The number of nitrogens with zero attached hydrogens (tertiary/aromatic N) is 1. The van der Waals surface area contributed by atoms with Crippen molar-refractivity contribution < 1.29 is 9.90 Å². The third-order valence-corrected chi connectivity index (χ3v) is 2.98. The van der Waals surface area contributed by atoms with Gasteiger partial charge in [0.1, 0.15) is 0 Å². The number of thiophene rings is 1. The molecule has 0 saturated heterocycles. The van der Waals surface area contributed by atoms with Gasteiger partial charge in [-0.3, -0.25) is 0 Å². The van der Waals surface area contributed by atoms with Crippen LogP contribution < -0.4 is 0 Å². The number of rotatable bonds is 2. The minimum absolute atomic E-state index is 0.313. The molecule has 0 unspecified atom stereocenters. The van der Waals surface area contributed by atoms with E-state index in [1.807, 2.05) is 5.38 Å². The van der Waals surface area contributed by atoms with E-state index in [1.54, 1.807) is 11.4 Å². The quantitative estimate of drug-likeness (QED) is 0.827. The number of carboxylic acids is 1. The second kappa shape index (κ2) is 3.27. The fraction of sp³-hybridized carbons (Fsp3) is 0. The number of aromatic nitrogens is 1. The number of aromatic carboxylic acids is 1. The van der Waals surface area contributed by atoms with E-state index >= 15 is 0 Å². The van der Waals surface area contributed by atoms with Crippen molar-refractivity contribution in [3.8, 4) is 10.6 Å². The Bertz CT molecular complexity index is 419. The molecule has 0 aliphatic rings. The van der Waals surface area contributed by atoms with E-state index in [4.69, 9.17) is 5.11 Å². The fourth-order valence-electron chi connectivity index (χ4n) is 0.880. The highest BCUT2D eigenvalue weighted by atomic mass is 32.1. The molecule has 5 heteroatoms. The fourth-order valence-corrected chi connectivity index (χ4v) is 2.29. The molecule has 0 aliphatic carbocycles. The second-order valence-corrected chi connectivity index (χ2v) is 3.89. The molecule has 2 rings (SSSR count). The van der Waals surface area contributed by atoms with Gasteiger partial charge in [0.15, 0.2) is 5.51 Å². The molecule has 0 bridgehead atoms. The Hall–Kier alpha value is -1.20. The van der Waals surface area contributed by atoms with Gasteiger partial charge in [-0.25, -0.2) is 9.78 Å². The molecule has 1 radical (unpaired) electrons. The van der Waals surface area contributed by atoms with Crippen LogP contribution in [0.15, 0.2) is 16.8 Å². The molecule has 0 aromatic carbocycles. The average molecular weight is 210 g/mol. The molecule has 0 saturated carbocycles. The van der Waals surface area contributed by atoms with Crippen molar-refractivity contribution in [2.75, 3.05) is 0 Å². The molecule has 65 valence electrons. The number of hydrogen-bond donors (Lipinski definition) is 1. The largest absolute Gasteiger partial charge is 0.478 e. The predicted molar refractivity (Wildman–Crippen MR) is 51.2 cm³/mol. The molecule has 2 heterocycles. The van der Waals surface area contributed by atoms with Crippen molar-refractivity contribution >= 4 is 28.6 Å². The van der Waals surface area contributed by atoms with E-state index in [0.717, 1.165) is 10.6 Å². The monoisotopic (exact) mass is 210 g/mol. The summed E-state index contributed by atoms with van der Waals surface area (Å²) in [5, 5.41) is 12.1. The van der Waals surface area contributed by atoms with Crippen molar-refractivity contribution in [2.24, 2.45) is 0 Å². The smallest absolute Gasteiger partial charge is 0.336 e. The van der Waals surface area contributed by atoms with Gasteiger partial charge in [-0.1, -0.05) is 0 Å². The summed E-state index contributed by atoms with van der Waals surface area (Å²) in [6, 6.07) is 1.62. The standard InChI is InChI=1S/C8H4NO2S2/c10-8(11)5-1-7(13-2-5)6-3-12-4-9-6/h1-3H,(H,10,11). The van der Waals surface area contributed by atoms with E-state index in [1.165, 1.54) is 22.7 Å². The van der Waals surface area contributed by atoms with E-state index in [0.29, 0.717) is 5.56 Å². The zero-order chi connectivity index (χ0) is 9.26. The Morgan fingerprint density at radius 3 is 2.92 bits per heavy atom. The molecular formula is C8H4NO2S2. The van der Waals surface area contributed by atoms with Crippen LogP contribution in [0.2, 0.25) is 0 Å². The third-order valence-electron chi connectivity index (χ3n) is 1.49. The average Bonchev–Trinajstić information content (AvgIpc) is 2.75. The first-order chi connectivity index (χ1) is 6.27. The Balaban J connectivity index is 2.39. The maximum atomic E-state index is 10.6. The second-order valence-electron chi connectivity index (χ2n) is 2.33. The molecule has 2 aromatic rings. The van der Waals surface area contributed by atoms with Gasteiger partial charge >= 0.3 is 5.97 Å². The van der Waals surface area contributed by atoms with Gasteiger partial charge in [0.05, 0.1) is 16.1 Å². The molecule has 3 nitrogen and oxygen atoms in total. The normalized spacial score (nSPS) is 10.2. The summed E-state index contributed by atoms with van der Waals surface area (Å²) in [7, 11) is 0. The van der Waals surface area contributed by atoms with E-state index < -0.39 is 5.97 Å². The van der Waals surface area contributed by atoms with Crippen molar-refractivity contribution in [3.05, 3.63) is 27.9 Å². The predicted octanol–water partition coefficient (Wildman–Crippen LogP) is 2.37. The molecule has 1 N–H and O–H groups in total. The van der Waals surface area contributed by atoms with Crippen LogP contribution in [0.5, 0.6) is 0 Å². The van der Waals surface area contributed by atoms with Crippen LogP contribution >= 0.6 is 22.7 Å². The van der Waals surface area contributed by atoms with Gasteiger partial charge in [0.2, 0.25) is 0 Å². The first kappa shape index (κ1) is 8.40. The Morgan fingerprint density at radius 1 is 1.54 bits per heavy atom. The van der Waals surface area contributed by atoms with E-state index in [2.05, 4.69) is 10.5 Å². The first-order valence-corrected chi connectivity index (χ1v) is 5.17. The third kappa shape index (κ3) is 1.61. The van der Waals surface area contributed by atoms with E-state index in [-0.39, 0.29) is 0 Å². The molecule has 0 spiro atoms. The zero-order valence-electron chi connectivity index (χ0n) is 6.35. The molecule has 0 aliphatic heterocycles. The highest BCUT2D eigenvalue weighted by Crippen LogP contribution is 2.26. The molecule has 0 atom stereocenters. The Morgan fingerprint density at radius 2 is 2.38 bits per heavy atom. The van der Waals surface area contributed by atoms with Crippen LogP contribution in [0.3, 0.4) is 0 Å². The highest BCUT2D eigenvalue weighted by molar-refractivity contribution is 7.14. The minimum atomic E-state index is -0.901. The van der Waals surface area contributed by atoms with Crippen LogP contribution in [-0.4, -0.2) is 16.1 Å². The van der Waals surface area contributed by atoms with Gasteiger partial charge in [-0.05, 0) is 6.07 Å². The number of thiazole rings is 1. The summed E-state index contributed by atoms with van der Waals surface area (Å²) in [6.07, 6.45) is 0. The van der Waals surface area contributed by atoms with Gasteiger partial charge < -0.3 is 5.11 Å². The maximum Gasteiger partial charge on any atom is 0.336 e. The minimum Gasteiger partial charge on any atom is -0.478 e. The van der Waals surface area contributed by atoms with Crippen LogP contribution in [0.1, 0.15) is 10.4 Å².